The Kier molecular flexibility index (Phi) is 8.06. The van der Waals surface area contributed by atoms with Gasteiger partial charge in [0.2, 0.25) is 0 Å². The SMILES string of the molecule is CC(C)C(C)C=CC(C)C1CC=C2C3=C(CCC21C)C1(C)CCC(OC2OCC(O)C(O)C2O)CC1(O)CC3. The number of hydrogen-bond donors (Lipinski definition) is 4. The molecule has 11 atom stereocenters. The first-order valence-corrected chi connectivity index (χ1v) is 15.5. The molecule has 4 aliphatic carbocycles. The van der Waals surface area contributed by atoms with Crippen LogP contribution in [0.3, 0.4) is 0 Å². The molecular weight excluding hydrogens is 492 g/mol. The lowest BCUT2D eigenvalue weighted by molar-refractivity contribution is -0.293. The Morgan fingerprint density at radius 2 is 1.74 bits per heavy atom. The maximum atomic E-state index is 12.1. The lowest BCUT2D eigenvalue weighted by Gasteiger charge is -2.58. The zero-order valence-electron chi connectivity index (χ0n) is 24.9. The summed E-state index contributed by atoms with van der Waals surface area (Å²) in [5, 5.41) is 42.3. The van der Waals surface area contributed by atoms with Crippen molar-refractivity contribution in [2.24, 2.45) is 34.5 Å². The third-order valence-corrected chi connectivity index (χ3v) is 11.8. The van der Waals surface area contributed by atoms with Gasteiger partial charge in [0.25, 0.3) is 0 Å². The summed E-state index contributed by atoms with van der Waals surface area (Å²) >= 11 is 0. The van der Waals surface area contributed by atoms with Crippen LogP contribution in [0.5, 0.6) is 0 Å². The van der Waals surface area contributed by atoms with Crippen LogP contribution in [0.15, 0.2) is 34.9 Å². The Hall–Kier alpha value is -1.02. The summed E-state index contributed by atoms with van der Waals surface area (Å²) in [5.74, 6) is 2.40. The van der Waals surface area contributed by atoms with Gasteiger partial charge in [-0.05, 0) is 85.2 Å². The fourth-order valence-electron chi connectivity index (χ4n) is 8.55. The van der Waals surface area contributed by atoms with Crippen LogP contribution >= 0.6 is 0 Å². The molecule has 39 heavy (non-hydrogen) atoms. The van der Waals surface area contributed by atoms with E-state index in [0.29, 0.717) is 36.5 Å². The Morgan fingerprint density at radius 3 is 2.46 bits per heavy atom. The molecule has 1 saturated heterocycles. The highest BCUT2D eigenvalue weighted by atomic mass is 16.7. The number of hydrogen-bond acceptors (Lipinski definition) is 6. The predicted octanol–water partition coefficient (Wildman–Crippen LogP) is 5.05. The Bertz CT molecular complexity index is 1020. The van der Waals surface area contributed by atoms with Crippen molar-refractivity contribution in [3.05, 3.63) is 34.9 Å². The molecule has 1 saturated carbocycles. The van der Waals surface area contributed by atoms with Crippen LogP contribution in [0.2, 0.25) is 0 Å². The lowest BCUT2D eigenvalue weighted by atomic mass is 9.50. The summed E-state index contributed by atoms with van der Waals surface area (Å²) < 4.78 is 11.6. The molecule has 0 amide bonds. The van der Waals surface area contributed by atoms with E-state index >= 15 is 0 Å². The number of allylic oxidation sites excluding steroid dienone is 5. The highest BCUT2D eigenvalue weighted by Gasteiger charge is 2.59. The minimum absolute atomic E-state index is 0.0755. The van der Waals surface area contributed by atoms with E-state index in [1.807, 2.05) is 0 Å². The zero-order valence-corrected chi connectivity index (χ0v) is 24.9. The molecule has 0 bridgehead atoms. The van der Waals surface area contributed by atoms with Gasteiger partial charge in [-0.25, -0.2) is 0 Å². The predicted molar refractivity (Wildman–Crippen MR) is 152 cm³/mol. The van der Waals surface area contributed by atoms with E-state index in [2.05, 4.69) is 59.8 Å². The van der Waals surface area contributed by atoms with Crippen LogP contribution in [0, 0.1) is 34.5 Å². The average Bonchev–Trinajstić information content (AvgIpc) is 3.25. The quantitative estimate of drug-likeness (QED) is 0.349. The molecule has 0 radical (unpaired) electrons. The minimum Gasteiger partial charge on any atom is -0.389 e. The highest BCUT2D eigenvalue weighted by Crippen LogP contribution is 2.65. The van der Waals surface area contributed by atoms with Crippen LogP contribution in [0.25, 0.3) is 0 Å². The smallest absolute Gasteiger partial charge is 0.186 e. The molecule has 6 nitrogen and oxygen atoms in total. The number of aliphatic hydroxyl groups excluding tert-OH is 3. The van der Waals surface area contributed by atoms with Crippen LogP contribution in [0.1, 0.15) is 92.9 Å². The molecule has 0 aromatic heterocycles. The van der Waals surface area contributed by atoms with E-state index < -0.39 is 30.2 Å². The molecule has 4 N–H and O–H groups in total. The van der Waals surface area contributed by atoms with Gasteiger partial charge in [0.1, 0.15) is 18.3 Å². The molecule has 1 heterocycles. The molecule has 0 aromatic carbocycles. The fraction of sp³-hybridized carbons (Fsp3) is 0.818. The molecule has 0 aromatic rings. The van der Waals surface area contributed by atoms with Gasteiger partial charge in [-0.15, -0.1) is 0 Å². The lowest BCUT2D eigenvalue weighted by Crippen LogP contribution is -2.59. The van der Waals surface area contributed by atoms with Crippen LogP contribution in [0.4, 0.5) is 0 Å². The summed E-state index contributed by atoms with van der Waals surface area (Å²) in [4.78, 5) is 0. The molecule has 11 unspecified atom stereocenters. The van der Waals surface area contributed by atoms with E-state index in [0.717, 1.165) is 38.5 Å². The van der Waals surface area contributed by atoms with Gasteiger partial charge < -0.3 is 29.9 Å². The van der Waals surface area contributed by atoms with Crippen LogP contribution in [-0.2, 0) is 9.47 Å². The minimum atomic E-state index is -1.30. The normalized spacial score (nSPS) is 46.1. The molecule has 6 heteroatoms. The van der Waals surface area contributed by atoms with E-state index in [4.69, 9.17) is 9.47 Å². The molecule has 5 rings (SSSR count). The largest absolute Gasteiger partial charge is 0.389 e. The number of aliphatic hydroxyl groups is 4. The number of ether oxygens (including phenoxy) is 2. The van der Waals surface area contributed by atoms with E-state index in [1.54, 1.807) is 5.57 Å². The van der Waals surface area contributed by atoms with Crippen molar-refractivity contribution in [3.8, 4) is 0 Å². The monoisotopic (exact) mass is 544 g/mol. The fourth-order valence-corrected chi connectivity index (χ4v) is 8.55. The van der Waals surface area contributed by atoms with Gasteiger partial charge in [0, 0.05) is 11.8 Å². The highest BCUT2D eigenvalue weighted by molar-refractivity contribution is 5.50. The summed E-state index contributed by atoms with van der Waals surface area (Å²) in [6, 6.07) is 0. The molecule has 0 spiro atoms. The van der Waals surface area contributed by atoms with Crippen molar-refractivity contribution < 1.29 is 29.9 Å². The van der Waals surface area contributed by atoms with Gasteiger partial charge in [0.05, 0.1) is 18.3 Å². The topological polar surface area (TPSA) is 99.4 Å². The van der Waals surface area contributed by atoms with Crippen molar-refractivity contribution in [1.82, 2.24) is 0 Å². The summed E-state index contributed by atoms with van der Waals surface area (Å²) in [7, 11) is 0. The molecule has 220 valence electrons. The van der Waals surface area contributed by atoms with E-state index in [1.165, 1.54) is 11.1 Å². The van der Waals surface area contributed by atoms with E-state index in [-0.39, 0.29) is 23.5 Å². The molecule has 5 aliphatic rings. The Morgan fingerprint density at radius 1 is 1.00 bits per heavy atom. The average molecular weight is 545 g/mol. The first-order chi connectivity index (χ1) is 18.3. The van der Waals surface area contributed by atoms with Crippen molar-refractivity contribution in [3.63, 3.8) is 0 Å². The second-order valence-corrected chi connectivity index (χ2v) is 14.3. The first-order valence-electron chi connectivity index (χ1n) is 15.5. The first kappa shape index (κ1) is 29.5. The summed E-state index contributed by atoms with van der Waals surface area (Å²) in [6.45, 7) is 14.0. The Labute approximate surface area is 235 Å². The second kappa shape index (κ2) is 10.7. The third-order valence-electron chi connectivity index (χ3n) is 11.8. The standard InChI is InChI=1S/C33H52O6/c1-19(2)20(3)7-8-21(4)24-9-10-25-23-12-16-33(37)17-22(39-30-29(36)28(35)27(34)18-38-30)11-15-32(33,6)26(23)13-14-31(24,25)5/h7-8,10,19-22,24,27-30,34-37H,9,11-18H2,1-6H3. The van der Waals surface area contributed by atoms with Crippen LogP contribution < -0.4 is 0 Å². The number of fused-ring (bicyclic) bond motifs is 4. The second-order valence-electron chi connectivity index (χ2n) is 14.3. The van der Waals surface area contributed by atoms with Gasteiger partial charge in [-0.1, -0.05) is 65.3 Å². The maximum absolute atomic E-state index is 12.1. The molecular formula is C33H52O6. The van der Waals surface area contributed by atoms with E-state index in [9.17, 15) is 20.4 Å². The van der Waals surface area contributed by atoms with Gasteiger partial charge in [-0.2, -0.15) is 0 Å². The van der Waals surface area contributed by atoms with Crippen molar-refractivity contribution in [2.75, 3.05) is 6.61 Å². The maximum Gasteiger partial charge on any atom is 0.186 e. The summed E-state index contributed by atoms with van der Waals surface area (Å²) in [6.07, 6.45) is 9.41. The molecule has 1 aliphatic heterocycles. The third kappa shape index (κ3) is 4.91. The van der Waals surface area contributed by atoms with Gasteiger partial charge in [-0.3, -0.25) is 0 Å². The molecule has 2 fully saturated rings. The van der Waals surface area contributed by atoms with Gasteiger partial charge in [0.15, 0.2) is 6.29 Å². The van der Waals surface area contributed by atoms with Crippen molar-refractivity contribution in [2.45, 2.75) is 129 Å². The zero-order chi connectivity index (χ0) is 28.3. The van der Waals surface area contributed by atoms with Gasteiger partial charge >= 0.3 is 0 Å². The number of rotatable bonds is 6. The Balaban J connectivity index is 1.31. The van der Waals surface area contributed by atoms with Crippen LogP contribution in [-0.4, -0.2) is 63.3 Å². The van der Waals surface area contributed by atoms with Crippen molar-refractivity contribution in [1.29, 1.82) is 0 Å². The summed E-state index contributed by atoms with van der Waals surface area (Å²) in [5.41, 5.74) is 3.56. The van der Waals surface area contributed by atoms with Crippen molar-refractivity contribution >= 4 is 0 Å².